The number of rotatable bonds is 5. The zero-order valence-electron chi connectivity index (χ0n) is 24.4. The second-order valence-electron chi connectivity index (χ2n) is 7.82. The zero-order valence-corrected chi connectivity index (χ0v) is 24.4. The number of methoxy groups -OCH3 is 1. The maximum absolute atomic E-state index is 6.21. The van der Waals surface area contributed by atoms with Crippen LogP contribution in [0.25, 0.3) is 0 Å². The average Bonchev–Trinajstić information content (AvgIpc) is 3.28. The Kier molecular flexibility index (Phi) is 21.9. The molecule has 3 heteroatoms. The molecule has 196 valence electrons. The summed E-state index contributed by atoms with van der Waals surface area (Å²) in [5.74, 6) is 4.33. The van der Waals surface area contributed by atoms with Crippen LogP contribution >= 0.6 is 0 Å². The average molecular weight is 466 g/mol. The second kappa shape index (κ2) is 21.3. The smallest absolute Gasteiger partial charge is 0.165 e. The van der Waals surface area contributed by atoms with Crippen LogP contribution in [0, 0.1) is 11.8 Å². The normalized spacial score (nSPS) is 21.0. The van der Waals surface area contributed by atoms with Gasteiger partial charge in [0, 0.05) is 11.5 Å². The van der Waals surface area contributed by atoms with Crippen LogP contribution in [-0.2, 0) is 6.42 Å². The van der Waals surface area contributed by atoms with Crippen molar-refractivity contribution in [3.05, 3.63) is 23.3 Å². The van der Waals surface area contributed by atoms with E-state index < -0.39 is 0 Å². The van der Waals surface area contributed by atoms with Crippen molar-refractivity contribution in [3.63, 3.8) is 0 Å². The summed E-state index contributed by atoms with van der Waals surface area (Å²) >= 11 is 0. The van der Waals surface area contributed by atoms with E-state index in [1.807, 2.05) is 62.4 Å². The molecule has 3 atom stereocenters. The van der Waals surface area contributed by atoms with Crippen LogP contribution in [0.1, 0.15) is 125 Å². The molecule has 1 aromatic carbocycles. The summed E-state index contributed by atoms with van der Waals surface area (Å²) in [5.41, 5.74) is 2.94. The molecule has 1 aromatic rings. The molecule has 1 fully saturated rings. The molecule has 0 saturated heterocycles. The van der Waals surface area contributed by atoms with Gasteiger partial charge in [-0.3, -0.25) is 0 Å². The van der Waals surface area contributed by atoms with Crippen molar-refractivity contribution in [3.8, 4) is 11.5 Å². The molecule has 33 heavy (non-hydrogen) atoms. The van der Waals surface area contributed by atoms with Crippen molar-refractivity contribution in [1.29, 1.82) is 0 Å². The Bertz CT molecular complexity index is 569. The Morgan fingerprint density at radius 3 is 1.91 bits per heavy atom. The number of ether oxygens (including phenoxy) is 2. The van der Waals surface area contributed by atoms with Gasteiger partial charge in [0.05, 0.1) is 7.11 Å². The molecule has 0 aromatic heterocycles. The van der Waals surface area contributed by atoms with Crippen LogP contribution in [-0.4, -0.2) is 26.8 Å². The molecular formula is C30H59NO2. The number of aryl methyl sites for hydroxylation is 1. The summed E-state index contributed by atoms with van der Waals surface area (Å²) in [6.45, 7) is 21.8. The number of benzene rings is 1. The van der Waals surface area contributed by atoms with Gasteiger partial charge in [0.1, 0.15) is 6.10 Å². The van der Waals surface area contributed by atoms with E-state index in [0.29, 0.717) is 12.0 Å². The lowest BCUT2D eigenvalue weighted by atomic mass is 9.72. The monoisotopic (exact) mass is 465 g/mol. The Morgan fingerprint density at radius 2 is 1.52 bits per heavy atom. The molecular weight excluding hydrogens is 406 g/mol. The standard InChI is InChI=1S/C16H22O2.C6H13N.4C2H6/c1-4-10-6-7-11-8-9-13(17-3)16-15(11)14(10)12(5-2)18-16;1-7-5-6-3-2-4-6;4*1-2/h8-10,12,14H,4-7H2,1-3H3;6-7H,2-5H2,1H3;4*1-2H3. The highest BCUT2D eigenvalue weighted by Gasteiger charge is 2.43. The molecule has 0 bridgehead atoms. The molecule has 4 rings (SSSR count). The van der Waals surface area contributed by atoms with E-state index in [1.54, 1.807) is 7.11 Å². The van der Waals surface area contributed by atoms with Gasteiger partial charge in [0.15, 0.2) is 11.5 Å². The highest BCUT2D eigenvalue weighted by Crippen LogP contribution is 2.53. The molecule has 3 nitrogen and oxygen atoms in total. The van der Waals surface area contributed by atoms with Crippen LogP contribution in [0.3, 0.4) is 0 Å². The summed E-state index contributed by atoms with van der Waals surface area (Å²) in [4.78, 5) is 0. The van der Waals surface area contributed by atoms with Gasteiger partial charge in [-0.05, 0) is 69.2 Å². The molecule has 2 aliphatic carbocycles. The van der Waals surface area contributed by atoms with E-state index in [-0.39, 0.29) is 0 Å². The Hall–Kier alpha value is -1.22. The fraction of sp³-hybridized carbons (Fsp3) is 0.800. The van der Waals surface area contributed by atoms with Gasteiger partial charge in [-0.15, -0.1) is 0 Å². The van der Waals surface area contributed by atoms with E-state index in [0.717, 1.165) is 29.8 Å². The first-order valence-corrected chi connectivity index (χ1v) is 14.2. The molecule has 3 aliphatic rings. The third kappa shape index (κ3) is 9.51. The molecule has 1 saturated carbocycles. The quantitative estimate of drug-likeness (QED) is 0.470. The van der Waals surface area contributed by atoms with Crippen LogP contribution in [0.4, 0.5) is 0 Å². The second-order valence-corrected chi connectivity index (χ2v) is 7.82. The van der Waals surface area contributed by atoms with Crippen molar-refractivity contribution in [2.45, 2.75) is 126 Å². The fourth-order valence-electron chi connectivity index (χ4n) is 4.74. The topological polar surface area (TPSA) is 30.5 Å². The number of hydrogen-bond acceptors (Lipinski definition) is 3. The SMILES string of the molecule is CC.CC.CC.CC.CCC1CCc2ccc(OC)c3c2C1C(CC)O3.CNCC1CCC1. The van der Waals surface area contributed by atoms with Gasteiger partial charge in [-0.2, -0.15) is 0 Å². The molecule has 0 spiro atoms. The maximum Gasteiger partial charge on any atom is 0.165 e. The highest BCUT2D eigenvalue weighted by atomic mass is 16.5. The summed E-state index contributed by atoms with van der Waals surface area (Å²) < 4.78 is 11.7. The molecule has 1 N–H and O–H groups in total. The molecule has 0 amide bonds. The maximum atomic E-state index is 6.21. The van der Waals surface area contributed by atoms with Gasteiger partial charge in [0.25, 0.3) is 0 Å². The van der Waals surface area contributed by atoms with Gasteiger partial charge >= 0.3 is 0 Å². The van der Waals surface area contributed by atoms with E-state index in [1.165, 1.54) is 56.2 Å². The van der Waals surface area contributed by atoms with Crippen molar-refractivity contribution < 1.29 is 9.47 Å². The lowest BCUT2D eigenvalue weighted by Crippen LogP contribution is -2.27. The lowest BCUT2D eigenvalue weighted by Gasteiger charge is -2.31. The number of hydrogen-bond donors (Lipinski definition) is 1. The van der Waals surface area contributed by atoms with E-state index >= 15 is 0 Å². The van der Waals surface area contributed by atoms with Crippen LogP contribution in [0.15, 0.2) is 12.1 Å². The number of nitrogens with one attached hydrogen (secondary N) is 1. The van der Waals surface area contributed by atoms with Crippen LogP contribution in [0.5, 0.6) is 11.5 Å². The van der Waals surface area contributed by atoms with Gasteiger partial charge in [-0.1, -0.05) is 88.1 Å². The van der Waals surface area contributed by atoms with Gasteiger partial charge in [-0.25, -0.2) is 0 Å². The summed E-state index contributed by atoms with van der Waals surface area (Å²) in [7, 11) is 3.76. The van der Waals surface area contributed by atoms with Crippen LogP contribution in [0.2, 0.25) is 0 Å². The Balaban J connectivity index is 0. The summed E-state index contributed by atoms with van der Waals surface area (Å²) in [5, 5.41) is 3.17. The minimum atomic E-state index is 0.347. The Labute approximate surface area is 208 Å². The molecule has 3 unspecified atom stereocenters. The van der Waals surface area contributed by atoms with E-state index in [9.17, 15) is 0 Å². The van der Waals surface area contributed by atoms with E-state index in [2.05, 4.69) is 31.3 Å². The van der Waals surface area contributed by atoms with Gasteiger partial charge < -0.3 is 14.8 Å². The predicted octanol–water partition coefficient (Wildman–Crippen LogP) is 9.03. The first-order valence-electron chi connectivity index (χ1n) is 14.2. The van der Waals surface area contributed by atoms with E-state index in [4.69, 9.17) is 9.47 Å². The third-order valence-electron chi connectivity index (χ3n) is 6.41. The third-order valence-corrected chi connectivity index (χ3v) is 6.41. The largest absolute Gasteiger partial charge is 0.493 e. The Morgan fingerprint density at radius 1 is 0.909 bits per heavy atom. The summed E-state index contributed by atoms with van der Waals surface area (Å²) in [6.07, 6.45) is 9.56. The first-order chi connectivity index (χ1) is 16.2. The van der Waals surface area contributed by atoms with Gasteiger partial charge in [0.2, 0.25) is 0 Å². The highest BCUT2D eigenvalue weighted by molar-refractivity contribution is 5.56. The molecule has 1 aliphatic heterocycles. The van der Waals surface area contributed by atoms with Crippen molar-refractivity contribution in [2.75, 3.05) is 20.7 Å². The first kappa shape index (κ1) is 34.0. The zero-order chi connectivity index (χ0) is 25.8. The van der Waals surface area contributed by atoms with Crippen LogP contribution < -0.4 is 14.8 Å². The minimum Gasteiger partial charge on any atom is -0.493 e. The van der Waals surface area contributed by atoms with Crippen molar-refractivity contribution in [1.82, 2.24) is 5.32 Å². The van der Waals surface area contributed by atoms with Crippen molar-refractivity contribution >= 4 is 0 Å². The summed E-state index contributed by atoms with van der Waals surface area (Å²) in [6, 6.07) is 4.30. The predicted molar refractivity (Wildman–Crippen MR) is 149 cm³/mol. The fourth-order valence-corrected chi connectivity index (χ4v) is 4.74. The lowest BCUT2D eigenvalue weighted by molar-refractivity contribution is 0.159. The van der Waals surface area contributed by atoms with Crippen molar-refractivity contribution in [2.24, 2.45) is 11.8 Å². The molecule has 0 radical (unpaired) electrons. The minimum absolute atomic E-state index is 0.347. The molecule has 1 heterocycles.